The lowest BCUT2D eigenvalue weighted by atomic mass is 10.2. The lowest BCUT2D eigenvalue weighted by Crippen LogP contribution is -2.34. The summed E-state index contributed by atoms with van der Waals surface area (Å²) in [5, 5.41) is 6.77. The predicted octanol–water partition coefficient (Wildman–Crippen LogP) is 2.40. The van der Waals surface area contributed by atoms with Crippen LogP contribution in [-0.4, -0.2) is 24.1 Å². The Morgan fingerprint density at radius 3 is 2.50 bits per heavy atom. The first-order chi connectivity index (χ1) is 6.74. The second-order valence-electron chi connectivity index (χ2n) is 4.13. The maximum Gasteiger partial charge on any atom is 0.0530 e. The van der Waals surface area contributed by atoms with Crippen LogP contribution in [-0.2, 0) is 0 Å². The molecule has 0 bridgehead atoms. The third-order valence-corrected chi connectivity index (χ3v) is 2.89. The lowest BCUT2D eigenvalue weighted by molar-refractivity contribution is 0.578. The molecule has 0 saturated heterocycles. The van der Waals surface area contributed by atoms with Crippen molar-refractivity contribution in [2.45, 2.75) is 25.3 Å². The molecule has 92 valence electrons. The van der Waals surface area contributed by atoms with Crippen molar-refractivity contribution in [2.75, 3.05) is 18.9 Å². The number of nitrogens with zero attached hydrogens (tertiary/aromatic N) is 1. The zero-order valence-corrected chi connectivity index (χ0v) is 11.3. The van der Waals surface area contributed by atoms with E-state index in [-0.39, 0.29) is 24.8 Å². The van der Waals surface area contributed by atoms with Gasteiger partial charge in [0.15, 0.2) is 0 Å². The molecule has 1 aromatic heterocycles. The van der Waals surface area contributed by atoms with Crippen LogP contribution in [0, 0.1) is 6.92 Å². The highest BCUT2D eigenvalue weighted by Gasteiger charge is 2.40. The van der Waals surface area contributed by atoms with E-state index in [1.54, 1.807) is 0 Å². The molecule has 3 nitrogen and oxygen atoms in total. The number of aromatic nitrogens is 1. The molecule has 16 heavy (non-hydrogen) atoms. The first kappa shape index (κ1) is 15.5. The molecule has 0 amide bonds. The average Bonchev–Trinajstić information content (AvgIpc) is 2.96. The molecule has 0 spiro atoms. The Hall–Kier alpha value is -0.510. The fraction of sp³-hybridized carbons (Fsp3) is 0.545. The van der Waals surface area contributed by atoms with Gasteiger partial charge in [0.1, 0.15) is 0 Å². The van der Waals surface area contributed by atoms with Crippen molar-refractivity contribution < 1.29 is 0 Å². The molecule has 0 aliphatic heterocycles. The van der Waals surface area contributed by atoms with Crippen LogP contribution < -0.4 is 10.6 Å². The van der Waals surface area contributed by atoms with E-state index in [1.807, 2.05) is 19.4 Å². The molecule has 1 aliphatic carbocycles. The number of rotatable bonds is 4. The van der Waals surface area contributed by atoms with E-state index < -0.39 is 0 Å². The van der Waals surface area contributed by atoms with Crippen molar-refractivity contribution in [3.05, 3.63) is 24.0 Å². The molecular weight excluding hydrogens is 245 g/mol. The second kappa shape index (κ2) is 6.28. The lowest BCUT2D eigenvalue weighted by Gasteiger charge is -2.15. The Morgan fingerprint density at radius 1 is 1.31 bits per heavy atom. The third-order valence-electron chi connectivity index (χ3n) is 2.89. The fourth-order valence-corrected chi connectivity index (χ4v) is 1.59. The molecule has 1 saturated carbocycles. The highest BCUT2D eigenvalue weighted by atomic mass is 35.5. The minimum absolute atomic E-state index is 0. The number of aryl methyl sites for hydroxylation is 1. The first-order valence-electron chi connectivity index (χ1n) is 5.09. The molecule has 1 heterocycles. The number of likely N-dealkylation sites (N-methyl/N-ethyl adjacent to an activating group) is 1. The van der Waals surface area contributed by atoms with Crippen LogP contribution in [0.2, 0.25) is 0 Å². The highest BCUT2D eigenvalue weighted by Crippen LogP contribution is 2.34. The van der Waals surface area contributed by atoms with Crippen LogP contribution >= 0.6 is 24.8 Å². The Morgan fingerprint density at radius 2 is 2.00 bits per heavy atom. The maximum absolute atomic E-state index is 4.15. The van der Waals surface area contributed by atoms with Gasteiger partial charge in [0.25, 0.3) is 0 Å². The van der Waals surface area contributed by atoms with Crippen LogP contribution in [0.3, 0.4) is 0 Å². The summed E-state index contributed by atoms with van der Waals surface area (Å²) in [6.45, 7) is 3.05. The van der Waals surface area contributed by atoms with Crippen LogP contribution in [0.15, 0.2) is 18.5 Å². The summed E-state index contributed by atoms with van der Waals surface area (Å²) in [7, 11) is 2.03. The van der Waals surface area contributed by atoms with Crippen molar-refractivity contribution in [3.63, 3.8) is 0 Å². The van der Waals surface area contributed by atoms with Gasteiger partial charge in [0.2, 0.25) is 0 Å². The number of pyridine rings is 1. The molecule has 0 radical (unpaired) electrons. The van der Waals surface area contributed by atoms with Gasteiger partial charge in [0.05, 0.1) is 5.69 Å². The third kappa shape index (κ3) is 3.81. The summed E-state index contributed by atoms with van der Waals surface area (Å²) in [6.07, 6.45) is 6.29. The summed E-state index contributed by atoms with van der Waals surface area (Å²) < 4.78 is 0. The normalized spacial score (nSPS) is 15.6. The van der Waals surface area contributed by atoms with Crippen molar-refractivity contribution in [3.8, 4) is 0 Å². The van der Waals surface area contributed by atoms with Gasteiger partial charge in [-0.05, 0) is 38.4 Å². The van der Waals surface area contributed by atoms with Gasteiger partial charge < -0.3 is 10.6 Å². The minimum atomic E-state index is 0. The number of hydrogen-bond donors (Lipinski definition) is 2. The van der Waals surface area contributed by atoms with Crippen LogP contribution in [0.25, 0.3) is 0 Å². The molecular formula is C11H19Cl2N3. The van der Waals surface area contributed by atoms with Crippen molar-refractivity contribution in [2.24, 2.45) is 0 Å². The summed E-state index contributed by atoms with van der Waals surface area (Å²) >= 11 is 0. The zero-order chi connectivity index (χ0) is 10.0. The van der Waals surface area contributed by atoms with Gasteiger partial charge >= 0.3 is 0 Å². The van der Waals surface area contributed by atoms with Gasteiger partial charge in [-0.25, -0.2) is 0 Å². The number of halogens is 2. The van der Waals surface area contributed by atoms with E-state index in [2.05, 4.69) is 28.6 Å². The number of nitrogens with one attached hydrogen (secondary N) is 2. The van der Waals surface area contributed by atoms with Crippen molar-refractivity contribution in [1.29, 1.82) is 0 Å². The van der Waals surface area contributed by atoms with E-state index in [1.165, 1.54) is 18.4 Å². The van der Waals surface area contributed by atoms with E-state index >= 15 is 0 Å². The Bertz CT molecular complexity index is 327. The number of anilines is 1. The van der Waals surface area contributed by atoms with Crippen molar-refractivity contribution >= 4 is 30.5 Å². The highest BCUT2D eigenvalue weighted by molar-refractivity contribution is 5.85. The monoisotopic (exact) mass is 263 g/mol. The summed E-state index contributed by atoms with van der Waals surface area (Å²) in [5.74, 6) is 0. The van der Waals surface area contributed by atoms with E-state index in [0.717, 1.165) is 12.2 Å². The van der Waals surface area contributed by atoms with Gasteiger partial charge in [0, 0.05) is 24.5 Å². The summed E-state index contributed by atoms with van der Waals surface area (Å²) in [6, 6.07) is 2.12. The SMILES string of the molecule is CNC1(CNc2cncc(C)c2)CC1.Cl.Cl. The first-order valence-corrected chi connectivity index (χ1v) is 5.09. The number of hydrogen-bond acceptors (Lipinski definition) is 3. The molecule has 0 aromatic carbocycles. The molecule has 0 atom stereocenters. The van der Waals surface area contributed by atoms with E-state index in [9.17, 15) is 0 Å². The Kier molecular flexibility index (Phi) is 6.08. The van der Waals surface area contributed by atoms with Crippen LogP contribution in [0.4, 0.5) is 5.69 Å². The topological polar surface area (TPSA) is 37.0 Å². The Balaban J connectivity index is 0.00000112. The minimum Gasteiger partial charge on any atom is -0.382 e. The quantitative estimate of drug-likeness (QED) is 0.876. The van der Waals surface area contributed by atoms with Crippen LogP contribution in [0.5, 0.6) is 0 Å². The van der Waals surface area contributed by atoms with Gasteiger partial charge in [-0.1, -0.05) is 0 Å². The molecule has 5 heteroatoms. The Labute approximate surface area is 109 Å². The summed E-state index contributed by atoms with van der Waals surface area (Å²) in [4.78, 5) is 4.15. The van der Waals surface area contributed by atoms with Gasteiger partial charge in [-0.2, -0.15) is 0 Å². The fourth-order valence-electron chi connectivity index (χ4n) is 1.59. The summed E-state index contributed by atoms with van der Waals surface area (Å²) in [5.41, 5.74) is 2.67. The largest absolute Gasteiger partial charge is 0.382 e. The molecule has 0 unspecified atom stereocenters. The van der Waals surface area contributed by atoms with E-state index in [0.29, 0.717) is 5.54 Å². The standard InChI is InChI=1S/C11H17N3.2ClH/c1-9-5-10(7-13-6-9)14-8-11(12-2)3-4-11;;/h5-7,12,14H,3-4,8H2,1-2H3;2*1H. The maximum atomic E-state index is 4.15. The average molecular weight is 264 g/mol. The predicted molar refractivity (Wildman–Crippen MR) is 73.0 cm³/mol. The van der Waals surface area contributed by atoms with Crippen LogP contribution in [0.1, 0.15) is 18.4 Å². The molecule has 1 aromatic rings. The smallest absolute Gasteiger partial charge is 0.0530 e. The molecule has 2 rings (SSSR count). The van der Waals surface area contributed by atoms with E-state index in [4.69, 9.17) is 0 Å². The van der Waals surface area contributed by atoms with Gasteiger partial charge in [-0.3, -0.25) is 4.98 Å². The molecule has 2 N–H and O–H groups in total. The second-order valence-corrected chi connectivity index (χ2v) is 4.13. The molecule has 1 aliphatic rings. The van der Waals surface area contributed by atoms with Gasteiger partial charge in [-0.15, -0.1) is 24.8 Å². The molecule has 1 fully saturated rings. The zero-order valence-electron chi connectivity index (χ0n) is 9.62. The van der Waals surface area contributed by atoms with Crippen molar-refractivity contribution in [1.82, 2.24) is 10.3 Å².